The Morgan fingerprint density at radius 2 is 1.09 bits per heavy atom. The number of sulfone groups is 1. The van der Waals surface area contributed by atoms with Crippen molar-refractivity contribution in [3.05, 3.63) is 88.5 Å². The predicted molar refractivity (Wildman–Crippen MR) is 109 cm³/mol. The summed E-state index contributed by atoms with van der Waals surface area (Å²) in [6.45, 7) is 0. The zero-order valence-electron chi connectivity index (χ0n) is 17.2. The van der Waals surface area contributed by atoms with Gasteiger partial charge in [-0.1, -0.05) is 12.1 Å². The molecule has 4 rings (SSSR count). The average molecular weight is 492 g/mol. The topological polar surface area (TPSA) is 192 Å². The first kappa shape index (κ1) is 23.3. The SMILES string of the molecule is O=C([O-])c1ccc(S(=O)(=O)c2ccc3c(c2)C(=O)N(c2cc(C(=O)[O-])cc(C(=O)[O-])c2)C3=O)cc1. The van der Waals surface area contributed by atoms with Crippen molar-refractivity contribution in [1.82, 2.24) is 0 Å². The van der Waals surface area contributed by atoms with Gasteiger partial charge in [-0.05, 0) is 65.2 Å². The van der Waals surface area contributed by atoms with Gasteiger partial charge in [0, 0.05) is 0 Å². The minimum absolute atomic E-state index is 0.199. The predicted octanol–water partition coefficient (Wildman–Crippen LogP) is -1.59. The third-order valence-electron chi connectivity index (χ3n) is 5.22. The second kappa shape index (κ2) is 8.18. The first-order valence-corrected chi connectivity index (χ1v) is 11.1. The molecule has 0 atom stereocenters. The van der Waals surface area contributed by atoms with E-state index in [0.717, 1.165) is 60.7 Å². The largest absolute Gasteiger partial charge is 0.545 e. The van der Waals surface area contributed by atoms with Crippen LogP contribution in [0.25, 0.3) is 0 Å². The van der Waals surface area contributed by atoms with Crippen molar-refractivity contribution >= 4 is 45.2 Å². The van der Waals surface area contributed by atoms with Crippen molar-refractivity contribution in [2.75, 3.05) is 4.90 Å². The minimum Gasteiger partial charge on any atom is -0.545 e. The van der Waals surface area contributed by atoms with Gasteiger partial charge >= 0.3 is 0 Å². The summed E-state index contributed by atoms with van der Waals surface area (Å²) in [5.74, 6) is -6.98. The van der Waals surface area contributed by atoms with E-state index in [2.05, 4.69) is 0 Å². The summed E-state index contributed by atoms with van der Waals surface area (Å²) in [5, 5.41) is 33.4. The Labute approximate surface area is 196 Å². The molecule has 0 saturated heterocycles. The quantitative estimate of drug-likeness (QED) is 0.362. The molecular weight excluding hydrogens is 482 g/mol. The molecule has 35 heavy (non-hydrogen) atoms. The Bertz CT molecular complexity index is 1540. The standard InChI is InChI=1S/C23H13NO10S/c25-19-17-6-5-16(35(33,34)15-3-1-11(2-4-15)21(27)28)10-18(17)20(26)24(19)14-8-12(22(29)30)7-13(9-14)23(31)32/h1-10H,(H,27,28)(H,29,30)(H,31,32)/p-3. The Balaban J connectivity index is 1.77. The van der Waals surface area contributed by atoms with Gasteiger partial charge in [-0.2, -0.15) is 0 Å². The van der Waals surface area contributed by atoms with Crippen molar-refractivity contribution in [2.45, 2.75) is 9.79 Å². The van der Waals surface area contributed by atoms with E-state index in [4.69, 9.17) is 0 Å². The summed E-state index contributed by atoms with van der Waals surface area (Å²) in [6, 6.07) is 9.71. The molecule has 1 heterocycles. The number of hydrogen-bond acceptors (Lipinski definition) is 10. The third kappa shape index (κ3) is 3.91. The number of fused-ring (bicyclic) bond motifs is 1. The van der Waals surface area contributed by atoms with Gasteiger partial charge < -0.3 is 29.7 Å². The highest BCUT2D eigenvalue weighted by Crippen LogP contribution is 2.32. The molecule has 0 aromatic heterocycles. The van der Waals surface area contributed by atoms with E-state index in [-0.39, 0.29) is 32.2 Å². The van der Waals surface area contributed by atoms with Gasteiger partial charge in [0.15, 0.2) is 0 Å². The lowest BCUT2D eigenvalue weighted by Gasteiger charge is -2.17. The van der Waals surface area contributed by atoms with Crippen molar-refractivity contribution < 1.29 is 47.7 Å². The molecule has 2 amide bonds. The lowest BCUT2D eigenvalue weighted by molar-refractivity contribution is -0.256. The van der Waals surface area contributed by atoms with Crippen LogP contribution in [0.1, 0.15) is 51.8 Å². The molecule has 0 bridgehead atoms. The van der Waals surface area contributed by atoms with Crippen LogP contribution in [-0.4, -0.2) is 38.1 Å². The number of carbonyl (C=O) groups excluding carboxylic acids is 5. The van der Waals surface area contributed by atoms with Gasteiger partial charge in [0.2, 0.25) is 9.84 Å². The van der Waals surface area contributed by atoms with Crippen LogP contribution in [0.3, 0.4) is 0 Å². The molecule has 1 aliphatic heterocycles. The van der Waals surface area contributed by atoms with E-state index in [1.807, 2.05) is 0 Å². The maximum absolute atomic E-state index is 13.0. The summed E-state index contributed by atoms with van der Waals surface area (Å²) in [5.41, 5.74) is -2.40. The van der Waals surface area contributed by atoms with E-state index in [1.54, 1.807) is 0 Å². The van der Waals surface area contributed by atoms with E-state index < -0.39 is 50.7 Å². The lowest BCUT2D eigenvalue weighted by atomic mass is 10.1. The number of imide groups is 1. The summed E-state index contributed by atoms with van der Waals surface area (Å²) in [4.78, 5) is 59.1. The maximum Gasteiger partial charge on any atom is 0.266 e. The number of hydrogen-bond donors (Lipinski definition) is 0. The molecule has 3 aromatic carbocycles. The fourth-order valence-corrected chi connectivity index (χ4v) is 4.79. The molecule has 0 spiro atoms. The molecule has 1 aliphatic rings. The van der Waals surface area contributed by atoms with Gasteiger partial charge in [-0.3, -0.25) is 9.59 Å². The van der Waals surface area contributed by atoms with Crippen LogP contribution in [0.2, 0.25) is 0 Å². The molecule has 12 heteroatoms. The number of nitrogens with zero attached hydrogens (tertiary/aromatic N) is 1. The van der Waals surface area contributed by atoms with Crippen molar-refractivity contribution in [3.8, 4) is 0 Å². The molecule has 0 fully saturated rings. The third-order valence-corrected chi connectivity index (χ3v) is 6.98. The van der Waals surface area contributed by atoms with E-state index >= 15 is 0 Å². The van der Waals surface area contributed by atoms with Crippen molar-refractivity contribution in [2.24, 2.45) is 0 Å². The van der Waals surface area contributed by atoms with Gasteiger partial charge in [0.25, 0.3) is 11.8 Å². The summed E-state index contributed by atoms with van der Waals surface area (Å²) in [7, 11) is -4.23. The summed E-state index contributed by atoms with van der Waals surface area (Å²) >= 11 is 0. The van der Waals surface area contributed by atoms with Crippen LogP contribution >= 0.6 is 0 Å². The monoisotopic (exact) mass is 492 g/mol. The second-order valence-electron chi connectivity index (χ2n) is 7.31. The smallest absolute Gasteiger partial charge is 0.266 e. The van der Waals surface area contributed by atoms with Gasteiger partial charge in [0.1, 0.15) is 0 Å². The zero-order valence-corrected chi connectivity index (χ0v) is 18.0. The van der Waals surface area contributed by atoms with Crippen LogP contribution in [0.5, 0.6) is 0 Å². The molecule has 0 N–H and O–H groups in total. The summed E-state index contributed by atoms with van der Waals surface area (Å²) < 4.78 is 26.0. The van der Waals surface area contributed by atoms with E-state index in [0.29, 0.717) is 4.90 Å². The minimum atomic E-state index is -4.23. The Kier molecular flexibility index (Phi) is 5.45. The maximum atomic E-state index is 13.0. The number of rotatable bonds is 6. The molecule has 3 aromatic rings. The van der Waals surface area contributed by atoms with Crippen LogP contribution in [0.4, 0.5) is 5.69 Å². The first-order valence-electron chi connectivity index (χ1n) is 9.59. The molecule has 0 radical (unpaired) electrons. The van der Waals surface area contributed by atoms with Gasteiger partial charge in [-0.25, -0.2) is 13.3 Å². The second-order valence-corrected chi connectivity index (χ2v) is 9.26. The van der Waals surface area contributed by atoms with Gasteiger partial charge in [-0.15, -0.1) is 0 Å². The molecule has 11 nitrogen and oxygen atoms in total. The molecule has 176 valence electrons. The number of anilines is 1. The highest BCUT2D eigenvalue weighted by Gasteiger charge is 2.38. The van der Waals surface area contributed by atoms with Crippen molar-refractivity contribution in [1.29, 1.82) is 0 Å². The number of amides is 2. The summed E-state index contributed by atoms with van der Waals surface area (Å²) in [6.07, 6.45) is 0. The Morgan fingerprint density at radius 3 is 1.60 bits per heavy atom. The van der Waals surface area contributed by atoms with Crippen LogP contribution in [0.15, 0.2) is 70.5 Å². The lowest BCUT2D eigenvalue weighted by Crippen LogP contribution is -2.31. The number of carboxylic acids is 3. The van der Waals surface area contributed by atoms with E-state index in [1.165, 1.54) is 0 Å². The number of benzene rings is 3. The fourth-order valence-electron chi connectivity index (χ4n) is 3.50. The molecule has 0 unspecified atom stereocenters. The molecular formula is C23H10NO10S-3. The normalized spacial score (nSPS) is 13.0. The van der Waals surface area contributed by atoms with Crippen LogP contribution in [-0.2, 0) is 9.84 Å². The molecule has 0 aliphatic carbocycles. The van der Waals surface area contributed by atoms with Gasteiger partial charge in [0.05, 0.1) is 44.5 Å². The Morgan fingerprint density at radius 1 is 0.600 bits per heavy atom. The zero-order chi connectivity index (χ0) is 25.7. The van der Waals surface area contributed by atoms with E-state index in [9.17, 15) is 47.7 Å². The van der Waals surface area contributed by atoms with Crippen molar-refractivity contribution in [3.63, 3.8) is 0 Å². The van der Waals surface area contributed by atoms with Crippen LogP contribution in [0, 0.1) is 0 Å². The fraction of sp³-hybridized carbons (Fsp3) is 0. The highest BCUT2D eigenvalue weighted by molar-refractivity contribution is 7.91. The average Bonchev–Trinajstić information content (AvgIpc) is 3.08. The number of aromatic carboxylic acids is 3. The number of carboxylic acid groups (broad SMARTS) is 3. The molecule has 0 saturated carbocycles. The first-order chi connectivity index (χ1) is 16.4. The Hall–Kier alpha value is -4.84. The van der Waals surface area contributed by atoms with Crippen LogP contribution < -0.4 is 20.2 Å². The highest BCUT2D eigenvalue weighted by atomic mass is 32.2. The number of carbonyl (C=O) groups is 5.